The molecule has 0 spiro atoms. The van der Waals surface area contributed by atoms with Gasteiger partial charge in [-0.2, -0.15) is 0 Å². The molecule has 1 aliphatic carbocycles. The van der Waals surface area contributed by atoms with Crippen LogP contribution in [0.4, 0.5) is 5.95 Å². The van der Waals surface area contributed by atoms with Gasteiger partial charge in [-0.1, -0.05) is 0 Å². The summed E-state index contributed by atoms with van der Waals surface area (Å²) >= 11 is 0. The molecule has 2 heterocycles. The first-order valence-corrected chi connectivity index (χ1v) is 6.22. The van der Waals surface area contributed by atoms with Crippen LogP contribution in [0.3, 0.4) is 0 Å². The summed E-state index contributed by atoms with van der Waals surface area (Å²) in [6.07, 6.45) is 7.00. The van der Waals surface area contributed by atoms with Crippen molar-refractivity contribution in [1.82, 2.24) is 15.3 Å². The first kappa shape index (κ1) is 10.0. The van der Waals surface area contributed by atoms with Gasteiger partial charge in [0, 0.05) is 30.4 Å². The maximum atomic E-state index is 4.55. The zero-order valence-electron chi connectivity index (χ0n) is 9.45. The molecule has 1 aliphatic heterocycles. The zero-order valence-corrected chi connectivity index (χ0v) is 9.45. The van der Waals surface area contributed by atoms with Crippen LogP contribution in [0.2, 0.25) is 0 Å². The van der Waals surface area contributed by atoms with Gasteiger partial charge in [-0.05, 0) is 38.3 Å². The average molecular weight is 218 g/mol. The van der Waals surface area contributed by atoms with Crippen molar-refractivity contribution in [1.29, 1.82) is 0 Å². The summed E-state index contributed by atoms with van der Waals surface area (Å²) in [5.74, 6) is 1.49. The van der Waals surface area contributed by atoms with E-state index in [1.165, 1.54) is 31.4 Å². The fourth-order valence-corrected chi connectivity index (χ4v) is 2.21. The van der Waals surface area contributed by atoms with Gasteiger partial charge in [0.15, 0.2) is 0 Å². The summed E-state index contributed by atoms with van der Waals surface area (Å²) in [6, 6.07) is 2.63. The van der Waals surface area contributed by atoms with Crippen LogP contribution in [-0.2, 0) is 0 Å². The Labute approximate surface area is 95.9 Å². The predicted octanol–water partition coefficient (Wildman–Crippen LogP) is 1.52. The van der Waals surface area contributed by atoms with Crippen LogP contribution in [-0.4, -0.2) is 29.1 Å². The van der Waals surface area contributed by atoms with Crippen LogP contribution in [0.15, 0.2) is 12.3 Å². The monoisotopic (exact) mass is 218 g/mol. The van der Waals surface area contributed by atoms with E-state index in [-0.39, 0.29) is 0 Å². The summed E-state index contributed by atoms with van der Waals surface area (Å²) in [7, 11) is 0. The molecule has 16 heavy (non-hydrogen) atoms. The van der Waals surface area contributed by atoms with E-state index >= 15 is 0 Å². The van der Waals surface area contributed by atoms with E-state index in [0.717, 1.165) is 19.0 Å². The van der Waals surface area contributed by atoms with Gasteiger partial charge in [0.05, 0.1) is 0 Å². The minimum Gasteiger partial charge on any atom is -0.353 e. The van der Waals surface area contributed by atoms with Crippen LogP contribution in [0, 0.1) is 0 Å². The van der Waals surface area contributed by atoms with Gasteiger partial charge in [-0.15, -0.1) is 0 Å². The third kappa shape index (κ3) is 2.32. The van der Waals surface area contributed by atoms with Crippen LogP contribution in [0.5, 0.6) is 0 Å². The summed E-state index contributed by atoms with van der Waals surface area (Å²) in [4.78, 5) is 8.81. The van der Waals surface area contributed by atoms with Gasteiger partial charge >= 0.3 is 0 Å². The van der Waals surface area contributed by atoms with Crippen molar-refractivity contribution in [2.45, 2.75) is 37.6 Å². The number of hydrogen-bond acceptors (Lipinski definition) is 4. The SMILES string of the molecule is c1cc(C2CC2)nc(NCC2CCCN2)n1. The number of hydrogen-bond donors (Lipinski definition) is 2. The molecule has 1 saturated heterocycles. The second-order valence-corrected chi connectivity index (χ2v) is 4.75. The van der Waals surface area contributed by atoms with Crippen molar-refractivity contribution >= 4 is 5.95 Å². The molecule has 1 saturated carbocycles. The number of nitrogens with one attached hydrogen (secondary N) is 2. The topological polar surface area (TPSA) is 49.8 Å². The van der Waals surface area contributed by atoms with Crippen molar-refractivity contribution in [3.63, 3.8) is 0 Å². The minimum absolute atomic E-state index is 0.591. The summed E-state index contributed by atoms with van der Waals surface area (Å²) in [6.45, 7) is 2.09. The molecule has 0 bridgehead atoms. The van der Waals surface area contributed by atoms with Crippen LogP contribution in [0.1, 0.15) is 37.3 Å². The number of anilines is 1. The van der Waals surface area contributed by atoms with E-state index in [0.29, 0.717) is 12.0 Å². The molecule has 0 aromatic carbocycles. The van der Waals surface area contributed by atoms with Crippen molar-refractivity contribution < 1.29 is 0 Å². The molecule has 2 fully saturated rings. The Balaban J connectivity index is 1.58. The Morgan fingerprint density at radius 3 is 3.06 bits per heavy atom. The Hall–Kier alpha value is -1.16. The minimum atomic E-state index is 0.591. The third-order valence-electron chi connectivity index (χ3n) is 3.34. The molecule has 4 nitrogen and oxygen atoms in total. The average Bonchev–Trinajstić information content (AvgIpc) is 3.05. The Morgan fingerprint density at radius 1 is 1.38 bits per heavy atom. The summed E-state index contributed by atoms with van der Waals surface area (Å²) in [5.41, 5.74) is 1.21. The second kappa shape index (κ2) is 4.37. The number of nitrogens with zero attached hydrogens (tertiary/aromatic N) is 2. The van der Waals surface area contributed by atoms with Crippen LogP contribution >= 0.6 is 0 Å². The van der Waals surface area contributed by atoms with Gasteiger partial charge in [-0.3, -0.25) is 0 Å². The van der Waals surface area contributed by atoms with Gasteiger partial charge < -0.3 is 10.6 Å². The molecule has 1 atom stereocenters. The Bertz CT molecular complexity index is 356. The lowest BCUT2D eigenvalue weighted by Gasteiger charge is -2.11. The Kier molecular flexibility index (Phi) is 2.74. The summed E-state index contributed by atoms with van der Waals surface area (Å²) < 4.78 is 0. The molecule has 0 radical (unpaired) electrons. The fraction of sp³-hybridized carbons (Fsp3) is 0.667. The molecular weight excluding hydrogens is 200 g/mol. The van der Waals surface area contributed by atoms with E-state index in [9.17, 15) is 0 Å². The van der Waals surface area contributed by atoms with Crippen LogP contribution in [0.25, 0.3) is 0 Å². The highest BCUT2D eigenvalue weighted by Crippen LogP contribution is 2.38. The van der Waals surface area contributed by atoms with E-state index in [2.05, 4.69) is 20.6 Å². The smallest absolute Gasteiger partial charge is 0.222 e. The first-order valence-electron chi connectivity index (χ1n) is 6.22. The van der Waals surface area contributed by atoms with Crippen molar-refractivity contribution in [2.75, 3.05) is 18.4 Å². The van der Waals surface area contributed by atoms with E-state index in [1.807, 2.05) is 12.3 Å². The van der Waals surface area contributed by atoms with Gasteiger partial charge in [0.1, 0.15) is 0 Å². The number of rotatable bonds is 4. The van der Waals surface area contributed by atoms with Crippen molar-refractivity contribution in [3.8, 4) is 0 Å². The highest BCUT2D eigenvalue weighted by molar-refractivity contribution is 5.28. The standard InChI is InChI=1S/C12H18N4/c1-2-10(13-6-1)8-15-12-14-7-5-11(16-12)9-3-4-9/h5,7,9-10,13H,1-4,6,8H2,(H,14,15,16). The van der Waals surface area contributed by atoms with Crippen molar-refractivity contribution in [2.24, 2.45) is 0 Å². The molecule has 1 unspecified atom stereocenters. The molecule has 4 heteroatoms. The maximum Gasteiger partial charge on any atom is 0.222 e. The van der Waals surface area contributed by atoms with Gasteiger partial charge in [0.25, 0.3) is 0 Å². The van der Waals surface area contributed by atoms with Crippen molar-refractivity contribution in [3.05, 3.63) is 18.0 Å². The van der Waals surface area contributed by atoms with Gasteiger partial charge in [-0.25, -0.2) is 9.97 Å². The summed E-state index contributed by atoms with van der Waals surface area (Å²) in [5, 5.41) is 6.78. The molecule has 2 aliphatic rings. The van der Waals surface area contributed by atoms with Gasteiger partial charge in [0.2, 0.25) is 5.95 Å². The third-order valence-corrected chi connectivity index (χ3v) is 3.34. The normalized spacial score (nSPS) is 24.6. The largest absolute Gasteiger partial charge is 0.353 e. The lowest BCUT2D eigenvalue weighted by Crippen LogP contribution is -2.29. The van der Waals surface area contributed by atoms with E-state index < -0.39 is 0 Å². The highest BCUT2D eigenvalue weighted by Gasteiger charge is 2.25. The lowest BCUT2D eigenvalue weighted by atomic mass is 10.2. The van der Waals surface area contributed by atoms with E-state index in [4.69, 9.17) is 0 Å². The Morgan fingerprint density at radius 2 is 2.31 bits per heavy atom. The first-order chi connectivity index (χ1) is 7.92. The fourth-order valence-electron chi connectivity index (χ4n) is 2.21. The number of aromatic nitrogens is 2. The molecule has 1 aromatic rings. The maximum absolute atomic E-state index is 4.55. The molecule has 2 N–H and O–H groups in total. The molecule has 0 amide bonds. The predicted molar refractivity (Wildman–Crippen MR) is 63.5 cm³/mol. The van der Waals surface area contributed by atoms with Crippen LogP contribution < -0.4 is 10.6 Å². The lowest BCUT2D eigenvalue weighted by molar-refractivity contribution is 0.631. The molecule has 86 valence electrons. The zero-order chi connectivity index (χ0) is 10.8. The second-order valence-electron chi connectivity index (χ2n) is 4.75. The highest BCUT2D eigenvalue weighted by atomic mass is 15.1. The molecule has 3 rings (SSSR count). The van der Waals surface area contributed by atoms with E-state index in [1.54, 1.807) is 0 Å². The molecular formula is C12H18N4. The molecule has 1 aromatic heterocycles. The quantitative estimate of drug-likeness (QED) is 0.804.